The fourth-order valence-corrected chi connectivity index (χ4v) is 2.17. The van der Waals surface area contributed by atoms with Crippen molar-refractivity contribution in [3.8, 4) is 17.5 Å². The normalized spacial score (nSPS) is 10.3. The average Bonchev–Trinajstić information content (AvgIpc) is 3.04. The van der Waals surface area contributed by atoms with Crippen molar-refractivity contribution in [2.45, 2.75) is 13.3 Å². The number of anilines is 1. The quantitative estimate of drug-likeness (QED) is 0.780. The lowest BCUT2D eigenvalue weighted by molar-refractivity contribution is 0.572. The predicted octanol–water partition coefficient (Wildman–Crippen LogP) is 3.57. The third-order valence-corrected chi connectivity index (χ3v) is 3.43. The van der Waals surface area contributed by atoms with Gasteiger partial charge in [0.15, 0.2) is 0 Å². The van der Waals surface area contributed by atoms with Crippen molar-refractivity contribution in [1.29, 1.82) is 5.26 Å². The lowest BCUT2D eigenvalue weighted by Crippen LogP contribution is -2.06. The number of aromatic nitrogens is 2. The molecule has 0 amide bonds. The summed E-state index contributed by atoms with van der Waals surface area (Å²) in [5, 5.41) is 12.0. The summed E-state index contributed by atoms with van der Waals surface area (Å²) in [6.45, 7) is 2.72. The van der Waals surface area contributed by atoms with Gasteiger partial charge in [-0.1, -0.05) is 17.7 Å². The summed E-state index contributed by atoms with van der Waals surface area (Å²) >= 11 is 0. The Kier molecular flexibility index (Phi) is 4.34. The first-order valence-electron chi connectivity index (χ1n) is 7.36. The molecular formula is C18H16N4O. The van der Waals surface area contributed by atoms with Crippen molar-refractivity contribution in [1.82, 2.24) is 9.97 Å². The van der Waals surface area contributed by atoms with Crippen molar-refractivity contribution in [2.24, 2.45) is 0 Å². The Labute approximate surface area is 134 Å². The highest BCUT2D eigenvalue weighted by molar-refractivity contribution is 5.53. The molecule has 0 saturated carbocycles. The van der Waals surface area contributed by atoms with Gasteiger partial charge in [0.2, 0.25) is 5.89 Å². The van der Waals surface area contributed by atoms with E-state index < -0.39 is 0 Å². The molecule has 0 spiro atoms. The van der Waals surface area contributed by atoms with Crippen LogP contribution in [0.15, 0.2) is 53.3 Å². The Bertz CT molecular complexity index is 831. The van der Waals surface area contributed by atoms with Crippen molar-refractivity contribution in [3.05, 3.63) is 65.7 Å². The SMILES string of the molecule is Cc1ccc(-c2nc(CCNc3cc(C#N)ccn3)co2)cc1. The second-order valence-electron chi connectivity index (χ2n) is 5.23. The molecule has 0 unspecified atom stereocenters. The minimum absolute atomic E-state index is 0.589. The minimum atomic E-state index is 0.589. The van der Waals surface area contributed by atoms with Gasteiger partial charge in [-0.3, -0.25) is 0 Å². The number of rotatable bonds is 5. The summed E-state index contributed by atoms with van der Waals surface area (Å²) in [4.78, 5) is 8.67. The number of nitrogens with one attached hydrogen (secondary N) is 1. The van der Waals surface area contributed by atoms with E-state index in [1.54, 1.807) is 24.6 Å². The second-order valence-corrected chi connectivity index (χ2v) is 5.23. The largest absolute Gasteiger partial charge is 0.444 e. The van der Waals surface area contributed by atoms with Gasteiger partial charge in [-0.2, -0.15) is 5.26 Å². The molecule has 0 radical (unpaired) electrons. The van der Waals surface area contributed by atoms with E-state index in [0.717, 1.165) is 11.3 Å². The summed E-state index contributed by atoms with van der Waals surface area (Å²) in [7, 11) is 0. The molecule has 1 N–H and O–H groups in total. The number of hydrogen-bond donors (Lipinski definition) is 1. The topological polar surface area (TPSA) is 74.7 Å². The van der Waals surface area contributed by atoms with Crippen LogP contribution in [0, 0.1) is 18.3 Å². The Morgan fingerprint density at radius 1 is 1.22 bits per heavy atom. The molecule has 2 aromatic heterocycles. The van der Waals surface area contributed by atoms with Gasteiger partial charge in [-0.05, 0) is 31.2 Å². The smallest absolute Gasteiger partial charge is 0.226 e. The number of aryl methyl sites for hydroxylation is 1. The van der Waals surface area contributed by atoms with E-state index in [2.05, 4.69) is 21.4 Å². The van der Waals surface area contributed by atoms with Crippen molar-refractivity contribution >= 4 is 5.82 Å². The molecule has 0 aliphatic heterocycles. The van der Waals surface area contributed by atoms with Crippen LogP contribution in [0.3, 0.4) is 0 Å². The maximum atomic E-state index is 8.87. The molecule has 2 heterocycles. The Morgan fingerprint density at radius 3 is 2.83 bits per heavy atom. The van der Waals surface area contributed by atoms with Crippen molar-refractivity contribution in [2.75, 3.05) is 11.9 Å². The Hall–Kier alpha value is -3.13. The zero-order chi connectivity index (χ0) is 16.1. The second kappa shape index (κ2) is 6.75. The number of nitriles is 1. The number of oxazole rings is 1. The summed E-state index contributed by atoms with van der Waals surface area (Å²) in [5.74, 6) is 1.32. The van der Waals surface area contributed by atoms with Gasteiger partial charge in [0, 0.05) is 24.7 Å². The van der Waals surface area contributed by atoms with E-state index in [0.29, 0.717) is 30.2 Å². The molecule has 0 fully saturated rings. The Morgan fingerprint density at radius 2 is 2.04 bits per heavy atom. The standard InChI is InChI=1S/C18H16N4O/c1-13-2-4-15(5-3-13)18-22-16(12-23-18)7-9-21-17-10-14(11-19)6-8-20-17/h2-6,8,10,12H,7,9H2,1H3,(H,20,21). The molecule has 114 valence electrons. The van der Waals surface area contributed by atoms with Crippen LogP contribution in [0.4, 0.5) is 5.82 Å². The first kappa shape index (κ1) is 14.8. The molecule has 1 aromatic carbocycles. The van der Waals surface area contributed by atoms with E-state index in [9.17, 15) is 0 Å². The number of benzene rings is 1. The molecule has 5 heteroatoms. The summed E-state index contributed by atoms with van der Waals surface area (Å²) < 4.78 is 5.53. The third-order valence-electron chi connectivity index (χ3n) is 3.43. The van der Waals surface area contributed by atoms with Crippen LogP contribution in [0.1, 0.15) is 16.8 Å². The first-order chi connectivity index (χ1) is 11.2. The van der Waals surface area contributed by atoms with Gasteiger partial charge in [0.25, 0.3) is 0 Å². The molecular weight excluding hydrogens is 288 g/mol. The molecule has 5 nitrogen and oxygen atoms in total. The van der Waals surface area contributed by atoms with E-state index in [1.807, 2.05) is 31.2 Å². The number of hydrogen-bond acceptors (Lipinski definition) is 5. The summed E-state index contributed by atoms with van der Waals surface area (Å²) in [6.07, 6.45) is 4.01. The fourth-order valence-electron chi connectivity index (χ4n) is 2.17. The lowest BCUT2D eigenvalue weighted by Gasteiger charge is -2.03. The Balaban J connectivity index is 1.59. The zero-order valence-electron chi connectivity index (χ0n) is 12.8. The van der Waals surface area contributed by atoms with Gasteiger partial charge in [-0.15, -0.1) is 0 Å². The molecule has 0 saturated heterocycles. The lowest BCUT2D eigenvalue weighted by atomic mass is 10.1. The minimum Gasteiger partial charge on any atom is -0.444 e. The van der Waals surface area contributed by atoms with Crippen molar-refractivity contribution < 1.29 is 4.42 Å². The highest BCUT2D eigenvalue weighted by Crippen LogP contribution is 2.19. The summed E-state index contributed by atoms with van der Waals surface area (Å²) in [6, 6.07) is 13.6. The molecule has 0 bridgehead atoms. The van der Waals surface area contributed by atoms with Crippen LogP contribution < -0.4 is 5.32 Å². The highest BCUT2D eigenvalue weighted by atomic mass is 16.3. The predicted molar refractivity (Wildman–Crippen MR) is 87.8 cm³/mol. The maximum absolute atomic E-state index is 8.87. The molecule has 3 aromatic rings. The van der Waals surface area contributed by atoms with E-state index in [4.69, 9.17) is 9.68 Å². The van der Waals surface area contributed by atoms with Gasteiger partial charge < -0.3 is 9.73 Å². The molecule has 23 heavy (non-hydrogen) atoms. The molecule has 0 aliphatic rings. The van der Waals surface area contributed by atoms with Crippen LogP contribution >= 0.6 is 0 Å². The zero-order valence-corrected chi connectivity index (χ0v) is 12.8. The van der Waals surface area contributed by atoms with Crippen LogP contribution in [-0.4, -0.2) is 16.5 Å². The van der Waals surface area contributed by atoms with Gasteiger partial charge >= 0.3 is 0 Å². The van der Waals surface area contributed by atoms with Gasteiger partial charge in [0.1, 0.15) is 12.1 Å². The molecule has 3 rings (SSSR count). The van der Waals surface area contributed by atoms with Crippen molar-refractivity contribution in [3.63, 3.8) is 0 Å². The third kappa shape index (κ3) is 3.74. The first-order valence-corrected chi connectivity index (χ1v) is 7.36. The fraction of sp³-hybridized carbons (Fsp3) is 0.167. The van der Waals surface area contributed by atoms with Crippen LogP contribution in [-0.2, 0) is 6.42 Å². The summed E-state index contributed by atoms with van der Waals surface area (Å²) in [5.41, 5.74) is 3.64. The molecule has 0 aliphatic carbocycles. The van der Waals surface area contributed by atoms with Gasteiger partial charge in [0.05, 0.1) is 17.3 Å². The molecule has 0 atom stereocenters. The van der Waals surface area contributed by atoms with E-state index >= 15 is 0 Å². The van der Waals surface area contributed by atoms with E-state index in [-0.39, 0.29) is 0 Å². The van der Waals surface area contributed by atoms with E-state index in [1.165, 1.54) is 5.56 Å². The van der Waals surface area contributed by atoms with Gasteiger partial charge in [-0.25, -0.2) is 9.97 Å². The number of nitrogens with zero attached hydrogens (tertiary/aromatic N) is 3. The van der Waals surface area contributed by atoms with Crippen LogP contribution in [0.25, 0.3) is 11.5 Å². The maximum Gasteiger partial charge on any atom is 0.226 e. The monoisotopic (exact) mass is 304 g/mol. The van der Waals surface area contributed by atoms with Crippen LogP contribution in [0.5, 0.6) is 0 Å². The average molecular weight is 304 g/mol. The highest BCUT2D eigenvalue weighted by Gasteiger charge is 2.06. The number of pyridine rings is 1. The van der Waals surface area contributed by atoms with Crippen LogP contribution in [0.2, 0.25) is 0 Å².